The summed E-state index contributed by atoms with van der Waals surface area (Å²) in [6.07, 6.45) is 1.65. The van der Waals surface area contributed by atoms with Crippen molar-refractivity contribution in [3.8, 4) is 11.6 Å². The molecule has 0 spiro atoms. The summed E-state index contributed by atoms with van der Waals surface area (Å²) in [6, 6.07) is 8.05. The molecule has 1 aromatic carbocycles. The van der Waals surface area contributed by atoms with E-state index in [1.54, 1.807) is 31.3 Å². The average Bonchev–Trinajstić information content (AvgIpc) is 2.39. The highest BCUT2D eigenvalue weighted by molar-refractivity contribution is 5.45. The van der Waals surface area contributed by atoms with Crippen LogP contribution in [0.15, 0.2) is 36.5 Å². The zero-order chi connectivity index (χ0) is 14.7. The fourth-order valence-corrected chi connectivity index (χ4v) is 1.74. The van der Waals surface area contributed by atoms with Crippen LogP contribution in [0, 0.1) is 17.0 Å². The Balaban J connectivity index is 2.17. The summed E-state index contributed by atoms with van der Waals surface area (Å²) >= 11 is 0. The average molecular weight is 273 g/mol. The van der Waals surface area contributed by atoms with Crippen LogP contribution in [0.1, 0.15) is 24.1 Å². The predicted molar refractivity (Wildman–Crippen MR) is 74.7 cm³/mol. The molecule has 1 atom stereocenters. The SMILES string of the molecule is Cc1cc(Oc2ccc([C@H](C)N)cn2)ccc1[N+](=O)[O-]. The monoisotopic (exact) mass is 273 g/mol. The predicted octanol–water partition coefficient (Wildman–Crippen LogP) is 3.11. The van der Waals surface area contributed by atoms with Gasteiger partial charge in [0.1, 0.15) is 5.75 Å². The molecule has 20 heavy (non-hydrogen) atoms. The molecular weight excluding hydrogens is 258 g/mol. The highest BCUT2D eigenvalue weighted by atomic mass is 16.6. The molecule has 0 bridgehead atoms. The zero-order valence-electron chi connectivity index (χ0n) is 11.2. The molecule has 0 radical (unpaired) electrons. The van der Waals surface area contributed by atoms with Crippen molar-refractivity contribution in [3.63, 3.8) is 0 Å². The Labute approximate surface area is 116 Å². The van der Waals surface area contributed by atoms with Crippen LogP contribution >= 0.6 is 0 Å². The molecule has 0 unspecified atom stereocenters. The Morgan fingerprint density at radius 3 is 2.60 bits per heavy atom. The fraction of sp³-hybridized carbons (Fsp3) is 0.214. The van der Waals surface area contributed by atoms with Crippen LogP contribution in [0.5, 0.6) is 11.6 Å². The van der Waals surface area contributed by atoms with Crippen molar-refractivity contribution in [3.05, 3.63) is 57.8 Å². The van der Waals surface area contributed by atoms with Gasteiger partial charge in [-0.1, -0.05) is 6.07 Å². The molecule has 0 aliphatic carbocycles. The van der Waals surface area contributed by atoms with Gasteiger partial charge in [-0.05, 0) is 31.5 Å². The van der Waals surface area contributed by atoms with Crippen molar-refractivity contribution in [2.24, 2.45) is 5.73 Å². The van der Waals surface area contributed by atoms with E-state index in [4.69, 9.17) is 10.5 Å². The zero-order valence-corrected chi connectivity index (χ0v) is 11.2. The number of ether oxygens (including phenoxy) is 1. The normalized spacial score (nSPS) is 11.9. The van der Waals surface area contributed by atoms with Crippen LogP contribution in [0.25, 0.3) is 0 Å². The lowest BCUT2D eigenvalue weighted by Gasteiger charge is -2.08. The minimum atomic E-state index is -0.422. The summed E-state index contributed by atoms with van der Waals surface area (Å²) < 4.78 is 5.55. The Bertz CT molecular complexity index is 624. The Kier molecular flexibility index (Phi) is 3.95. The lowest BCUT2D eigenvalue weighted by molar-refractivity contribution is -0.385. The Morgan fingerprint density at radius 2 is 2.10 bits per heavy atom. The molecule has 0 amide bonds. The maximum atomic E-state index is 10.7. The molecular formula is C14H15N3O3. The molecule has 2 N–H and O–H groups in total. The van der Waals surface area contributed by atoms with E-state index in [9.17, 15) is 10.1 Å². The highest BCUT2D eigenvalue weighted by Gasteiger charge is 2.11. The molecule has 2 aromatic rings. The molecule has 0 fully saturated rings. The number of aromatic nitrogens is 1. The van der Waals surface area contributed by atoms with Crippen LogP contribution in [-0.4, -0.2) is 9.91 Å². The van der Waals surface area contributed by atoms with Crippen LogP contribution in [0.3, 0.4) is 0 Å². The maximum absolute atomic E-state index is 10.7. The van der Waals surface area contributed by atoms with E-state index in [0.29, 0.717) is 17.2 Å². The van der Waals surface area contributed by atoms with E-state index in [-0.39, 0.29) is 11.7 Å². The van der Waals surface area contributed by atoms with Gasteiger partial charge in [0, 0.05) is 29.9 Å². The van der Waals surface area contributed by atoms with Crippen molar-refractivity contribution in [2.75, 3.05) is 0 Å². The summed E-state index contributed by atoms with van der Waals surface area (Å²) in [7, 11) is 0. The molecule has 6 nitrogen and oxygen atoms in total. The number of hydrogen-bond acceptors (Lipinski definition) is 5. The Morgan fingerprint density at radius 1 is 1.35 bits per heavy atom. The van der Waals surface area contributed by atoms with E-state index < -0.39 is 4.92 Å². The van der Waals surface area contributed by atoms with Gasteiger partial charge in [-0.3, -0.25) is 10.1 Å². The van der Waals surface area contributed by atoms with Gasteiger partial charge >= 0.3 is 0 Å². The maximum Gasteiger partial charge on any atom is 0.272 e. The molecule has 1 aromatic heterocycles. The second kappa shape index (κ2) is 5.66. The second-order valence-corrected chi connectivity index (χ2v) is 4.53. The minimum Gasteiger partial charge on any atom is -0.439 e. The Hall–Kier alpha value is -2.47. The molecule has 2 rings (SSSR count). The van der Waals surface area contributed by atoms with Crippen LogP contribution in [-0.2, 0) is 0 Å². The van der Waals surface area contributed by atoms with Gasteiger partial charge < -0.3 is 10.5 Å². The molecule has 104 valence electrons. The number of benzene rings is 1. The number of nitro groups is 1. The minimum absolute atomic E-state index is 0.0672. The van der Waals surface area contributed by atoms with Gasteiger partial charge in [0.2, 0.25) is 5.88 Å². The second-order valence-electron chi connectivity index (χ2n) is 4.53. The lowest BCUT2D eigenvalue weighted by Crippen LogP contribution is -2.05. The van der Waals surface area contributed by atoms with Gasteiger partial charge in [0.25, 0.3) is 5.69 Å². The topological polar surface area (TPSA) is 91.3 Å². The van der Waals surface area contributed by atoms with E-state index in [0.717, 1.165) is 5.56 Å². The summed E-state index contributed by atoms with van der Waals surface area (Å²) in [4.78, 5) is 14.5. The number of hydrogen-bond donors (Lipinski definition) is 1. The summed E-state index contributed by atoms with van der Waals surface area (Å²) in [5.74, 6) is 0.928. The molecule has 0 saturated carbocycles. The number of pyridine rings is 1. The highest BCUT2D eigenvalue weighted by Crippen LogP contribution is 2.26. The summed E-state index contributed by atoms with van der Waals surface area (Å²) in [6.45, 7) is 3.54. The molecule has 0 aliphatic rings. The van der Waals surface area contributed by atoms with Gasteiger partial charge in [0.05, 0.1) is 4.92 Å². The van der Waals surface area contributed by atoms with Crippen LogP contribution < -0.4 is 10.5 Å². The van der Waals surface area contributed by atoms with Gasteiger partial charge in [0.15, 0.2) is 0 Å². The number of rotatable bonds is 4. The molecule has 0 saturated heterocycles. The van der Waals surface area contributed by atoms with Crippen molar-refractivity contribution < 1.29 is 9.66 Å². The standard InChI is InChI=1S/C14H15N3O3/c1-9-7-12(4-5-13(9)17(18)19)20-14-6-3-11(8-16-14)10(2)15/h3-8,10H,15H2,1-2H3/t10-/m0/s1. The van der Waals surface area contributed by atoms with Gasteiger partial charge in [-0.25, -0.2) is 4.98 Å². The number of nitro benzene ring substituents is 1. The van der Waals surface area contributed by atoms with Crippen LogP contribution in [0.4, 0.5) is 5.69 Å². The van der Waals surface area contributed by atoms with Crippen LogP contribution in [0.2, 0.25) is 0 Å². The number of nitrogens with two attached hydrogens (primary N) is 1. The van der Waals surface area contributed by atoms with Crippen molar-refractivity contribution in [1.29, 1.82) is 0 Å². The number of nitrogens with zero attached hydrogens (tertiary/aromatic N) is 2. The molecule has 6 heteroatoms. The first-order valence-electron chi connectivity index (χ1n) is 6.12. The van der Waals surface area contributed by atoms with Crippen molar-refractivity contribution >= 4 is 5.69 Å². The van der Waals surface area contributed by atoms with E-state index in [1.165, 1.54) is 6.07 Å². The molecule has 1 heterocycles. The third-order valence-electron chi connectivity index (χ3n) is 2.87. The summed E-state index contributed by atoms with van der Waals surface area (Å²) in [5.41, 5.74) is 7.26. The van der Waals surface area contributed by atoms with Gasteiger partial charge in [-0.2, -0.15) is 0 Å². The van der Waals surface area contributed by atoms with Gasteiger partial charge in [-0.15, -0.1) is 0 Å². The first kappa shape index (κ1) is 14.0. The molecule has 0 aliphatic heterocycles. The smallest absolute Gasteiger partial charge is 0.272 e. The quantitative estimate of drug-likeness (QED) is 0.682. The third kappa shape index (κ3) is 3.10. The van der Waals surface area contributed by atoms with E-state index >= 15 is 0 Å². The summed E-state index contributed by atoms with van der Waals surface area (Å²) in [5, 5.41) is 10.7. The first-order valence-corrected chi connectivity index (χ1v) is 6.12. The fourth-order valence-electron chi connectivity index (χ4n) is 1.74. The van der Waals surface area contributed by atoms with E-state index in [2.05, 4.69) is 4.98 Å². The number of aryl methyl sites for hydroxylation is 1. The lowest BCUT2D eigenvalue weighted by atomic mass is 10.2. The first-order chi connectivity index (χ1) is 9.47. The van der Waals surface area contributed by atoms with E-state index in [1.807, 2.05) is 13.0 Å². The third-order valence-corrected chi connectivity index (χ3v) is 2.87. The van der Waals surface area contributed by atoms with Crippen molar-refractivity contribution in [2.45, 2.75) is 19.9 Å². The van der Waals surface area contributed by atoms with Crippen molar-refractivity contribution in [1.82, 2.24) is 4.98 Å². The largest absolute Gasteiger partial charge is 0.439 e.